The average Bonchev–Trinajstić information content (AvgIpc) is 2.43. The van der Waals surface area contributed by atoms with Gasteiger partial charge in [0, 0.05) is 20.8 Å². The summed E-state index contributed by atoms with van der Waals surface area (Å²) in [6, 6.07) is 9.94. The molecule has 0 aliphatic heterocycles. The first-order valence-electron chi connectivity index (χ1n) is 6.66. The maximum absolute atomic E-state index is 12.1. The van der Waals surface area contributed by atoms with Crippen LogP contribution in [0.2, 0.25) is 15.1 Å². The van der Waals surface area contributed by atoms with Crippen molar-refractivity contribution in [2.75, 3.05) is 5.32 Å². The van der Waals surface area contributed by atoms with Crippen LogP contribution in [0.1, 0.15) is 24.1 Å². The van der Waals surface area contributed by atoms with Crippen LogP contribution in [0.4, 0.5) is 10.5 Å². The van der Waals surface area contributed by atoms with Crippen LogP contribution in [0.15, 0.2) is 36.4 Å². The van der Waals surface area contributed by atoms with Gasteiger partial charge in [-0.1, -0.05) is 46.9 Å². The number of anilines is 1. The molecule has 0 radical (unpaired) electrons. The van der Waals surface area contributed by atoms with Gasteiger partial charge in [0.2, 0.25) is 0 Å². The summed E-state index contributed by atoms with van der Waals surface area (Å²) in [4.78, 5) is 12.1. The van der Waals surface area contributed by atoms with Crippen LogP contribution in [0.25, 0.3) is 0 Å². The number of nitrogens with one attached hydrogen (secondary N) is 2. The monoisotopic (exact) mass is 356 g/mol. The number of benzene rings is 2. The molecule has 2 aromatic rings. The maximum atomic E-state index is 12.1. The van der Waals surface area contributed by atoms with Crippen molar-refractivity contribution in [3.8, 4) is 0 Å². The highest BCUT2D eigenvalue weighted by Gasteiger charge is 2.14. The van der Waals surface area contributed by atoms with E-state index in [9.17, 15) is 4.79 Å². The molecule has 0 saturated heterocycles. The molecule has 0 bridgehead atoms. The summed E-state index contributed by atoms with van der Waals surface area (Å²) in [5.41, 5.74) is 2.28. The number of hydrogen-bond donors (Lipinski definition) is 2. The summed E-state index contributed by atoms with van der Waals surface area (Å²) < 4.78 is 0. The number of urea groups is 1. The minimum absolute atomic E-state index is 0.260. The van der Waals surface area contributed by atoms with Gasteiger partial charge in [-0.05, 0) is 49.2 Å². The molecular weight excluding hydrogens is 343 g/mol. The summed E-state index contributed by atoms with van der Waals surface area (Å²) >= 11 is 18.0. The number of carbonyl (C=O) groups is 1. The Hall–Kier alpha value is -1.42. The van der Waals surface area contributed by atoms with Crippen molar-refractivity contribution in [3.63, 3.8) is 0 Å². The Bertz CT molecular complexity index is 704. The Morgan fingerprint density at radius 1 is 1.09 bits per heavy atom. The molecule has 6 heteroatoms. The van der Waals surface area contributed by atoms with Crippen molar-refractivity contribution >= 4 is 46.5 Å². The number of hydrogen-bond acceptors (Lipinski definition) is 1. The van der Waals surface area contributed by atoms with Crippen LogP contribution in [-0.2, 0) is 0 Å². The van der Waals surface area contributed by atoms with E-state index < -0.39 is 0 Å². The highest BCUT2D eigenvalue weighted by Crippen LogP contribution is 2.26. The Balaban J connectivity index is 2.07. The number of carbonyl (C=O) groups excluding carboxylic acids is 1. The summed E-state index contributed by atoms with van der Waals surface area (Å²) in [6.07, 6.45) is 0. The van der Waals surface area contributed by atoms with Crippen molar-refractivity contribution in [2.24, 2.45) is 0 Å². The fourth-order valence-corrected chi connectivity index (χ4v) is 2.78. The minimum Gasteiger partial charge on any atom is -0.331 e. The smallest absolute Gasteiger partial charge is 0.319 e. The molecule has 0 fully saturated rings. The van der Waals surface area contributed by atoms with Gasteiger partial charge in [-0.2, -0.15) is 0 Å². The molecule has 2 N–H and O–H groups in total. The molecule has 116 valence electrons. The fourth-order valence-electron chi connectivity index (χ4n) is 2.03. The third-order valence-electron chi connectivity index (χ3n) is 3.29. The Kier molecular flexibility index (Phi) is 5.57. The van der Waals surface area contributed by atoms with Crippen molar-refractivity contribution in [3.05, 3.63) is 62.6 Å². The van der Waals surface area contributed by atoms with E-state index in [0.29, 0.717) is 20.8 Å². The number of amides is 2. The molecule has 2 aromatic carbocycles. The van der Waals surface area contributed by atoms with Gasteiger partial charge in [0.15, 0.2) is 0 Å². The molecule has 0 heterocycles. The lowest BCUT2D eigenvalue weighted by Gasteiger charge is -2.17. The molecule has 1 unspecified atom stereocenters. The maximum Gasteiger partial charge on any atom is 0.319 e. The summed E-state index contributed by atoms with van der Waals surface area (Å²) in [7, 11) is 0. The molecule has 2 amide bonds. The zero-order valence-corrected chi connectivity index (χ0v) is 14.4. The van der Waals surface area contributed by atoms with E-state index >= 15 is 0 Å². The van der Waals surface area contributed by atoms with Gasteiger partial charge < -0.3 is 10.6 Å². The Labute approximate surface area is 144 Å². The minimum atomic E-state index is -0.330. The van der Waals surface area contributed by atoms with Crippen molar-refractivity contribution < 1.29 is 4.79 Å². The van der Waals surface area contributed by atoms with Crippen molar-refractivity contribution in [1.29, 1.82) is 0 Å². The van der Waals surface area contributed by atoms with E-state index in [1.54, 1.807) is 36.4 Å². The van der Waals surface area contributed by atoms with E-state index in [4.69, 9.17) is 34.8 Å². The van der Waals surface area contributed by atoms with E-state index in [0.717, 1.165) is 11.1 Å². The lowest BCUT2D eigenvalue weighted by molar-refractivity contribution is 0.249. The topological polar surface area (TPSA) is 41.1 Å². The Morgan fingerprint density at radius 2 is 1.82 bits per heavy atom. The Morgan fingerprint density at radius 3 is 2.50 bits per heavy atom. The van der Waals surface area contributed by atoms with Crippen LogP contribution < -0.4 is 10.6 Å². The van der Waals surface area contributed by atoms with Gasteiger partial charge in [0.25, 0.3) is 0 Å². The van der Waals surface area contributed by atoms with Gasteiger partial charge >= 0.3 is 6.03 Å². The predicted octanol–water partition coefficient (Wildman–Crippen LogP) is 5.84. The van der Waals surface area contributed by atoms with Crippen molar-refractivity contribution in [2.45, 2.75) is 19.9 Å². The molecule has 0 spiro atoms. The second-order valence-corrected chi connectivity index (χ2v) is 6.15. The standard InChI is InChI=1S/C16H15Cl3N2O/c1-9-13(18)4-3-5-15(9)21-16(22)20-10(2)12-7-6-11(17)8-14(12)19/h3-8,10H,1-2H3,(H2,20,21,22). The molecule has 0 aliphatic carbocycles. The normalized spacial score (nSPS) is 11.9. The van der Waals surface area contributed by atoms with Crippen LogP contribution in [0, 0.1) is 6.92 Å². The lowest BCUT2D eigenvalue weighted by Crippen LogP contribution is -2.31. The molecule has 22 heavy (non-hydrogen) atoms. The van der Waals surface area contributed by atoms with Gasteiger partial charge in [0.1, 0.15) is 0 Å². The van der Waals surface area contributed by atoms with E-state index in [2.05, 4.69) is 10.6 Å². The van der Waals surface area contributed by atoms with E-state index in [1.165, 1.54) is 0 Å². The number of halogens is 3. The SMILES string of the molecule is Cc1c(Cl)cccc1NC(=O)NC(C)c1ccc(Cl)cc1Cl. The molecular formula is C16H15Cl3N2O. The second-order valence-electron chi connectivity index (χ2n) is 4.90. The summed E-state index contributed by atoms with van der Waals surface area (Å²) in [6.45, 7) is 3.69. The van der Waals surface area contributed by atoms with Crippen LogP contribution >= 0.6 is 34.8 Å². The van der Waals surface area contributed by atoms with Gasteiger partial charge in [-0.15, -0.1) is 0 Å². The third kappa shape index (κ3) is 4.07. The van der Waals surface area contributed by atoms with Crippen LogP contribution in [0.5, 0.6) is 0 Å². The number of rotatable bonds is 3. The third-order valence-corrected chi connectivity index (χ3v) is 4.26. The van der Waals surface area contributed by atoms with Gasteiger partial charge in [-0.25, -0.2) is 4.79 Å². The summed E-state index contributed by atoms with van der Waals surface area (Å²) in [5, 5.41) is 7.28. The fraction of sp³-hybridized carbons (Fsp3) is 0.188. The first kappa shape index (κ1) is 16.9. The predicted molar refractivity (Wildman–Crippen MR) is 93.2 cm³/mol. The zero-order chi connectivity index (χ0) is 16.3. The second kappa shape index (κ2) is 7.23. The molecule has 0 aromatic heterocycles. The van der Waals surface area contributed by atoms with Gasteiger partial charge in [-0.3, -0.25) is 0 Å². The lowest BCUT2D eigenvalue weighted by atomic mass is 10.1. The first-order chi connectivity index (χ1) is 10.4. The highest BCUT2D eigenvalue weighted by atomic mass is 35.5. The molecule has 0 saturated carbocycles. The zero-order valence-electron chi connectivity index (χ0n) is 12.1. The molecule has 3 nitrogen and oxygen atoms in total. The van der Waals surface area contributed by atoms with Gasteiger partial charge in [0.05, 0.1) is 6.04 Å². The largest absolute Gasteiger partial charge is 0.331 e. The van der Waals surface area contributed by atoms with E-state index in [-0.39, 0.29) is 12.1 Å². The van der Waals surface area contributed by atoms with Crippen LogP contribution in [-0.4, -0.2) is 6.03 Å². The van der Waals surface area contributed by atoms with Crippen LogP contribution in [0.3, 0.4) is 0 Å². The van der Waals surface area contributed by atoms with E-state index in [1.807, 2.05) is 13.8 Å². The van der Waals surface area contributed by atoms with Crippen molar-refractivity contribution in [1.82, 2.24) is 5.32 Å². The molecule has 1 atom stereocenters. The first-order valence-corrected chi connectivity index (χ1v) is 7.79. The molecule has 2 rings (SSSR count). The average molecular weight is 358 g/mol. The summed E-state index contributed by atoms with van der Waals surface area (Å²) in [5.74, 6) is 0. The highest BCUT2D eigenvalue weighted by molar-refractivity contribution is 6.35. The molecule has 0 aliphatic rings. The quantitative estimate of drug-likeness (QED) is 0.712.